The molecule has 0 bridgehead atoms. The Morgan fingerprint density at radius 3 is 2.41 bits per heavy atom. The molecule has 0 aliphatic rings. The number of unbranched alkanes of at least 4 members (excludes halogenated alkanes) is 1. The molecule has 5 nitrogen and oxygen atoms in total. The first-order valence-electron chi connectivity index (χ1n) is 8.03. The fourth-order valence-electron chi connectivity index (χ4n) is 2.74. The van der Waals surface area contributed by atoms with Crippen molar-refractivity contribution in [3.8, 4) is 11.5 Å². The van der Waals surface area contributed by atoms with E-state index < -0.39 is 0 Å². The van der Waals surface area contributed by atoms with E-state index in [2.05, 4.69) is 18.4 Å². The second kappa shape index (κ2) is 7.49. The highest BCUT2D eigenvalue weighted by Gasteiger charge is 2.18. The van der Waals surface area contributed by atoms with Crippen molar-refractivity contribution in [1.29, 1.82) is 0 Å². The molecule has 1 aromatic carbocycles. The summed E-state index contributed by atoms with van der Waals surface area (Å²) in [5.74, 6) is 2.38. The van der Waals surface area contributed by atoms with Gasteiger partial charge in [-0.25, -0.2) is 4.98 Å². The Morgan fingerprint density at radius 2 is 1.82 bits per heavy atom. The van der Waals surface area contributed by atoms with Gasteiger partial charge in [0.2, 0.25) is 0 Å². The smallest absolute Gasteiger partial charge is 0.163 e. The van der Waals surface area contributed by atoms with Crippen LogP contribution in [-0.2, 0) is 6.54 Å². The van der Waals surface area contributed by atoms with E-state index in [1.807, 2.05) is 12.1 Å². The van der Waals surface area contributed by atoms with Crippen LogP contribution in [0.2, 0.25) is 0 Å². The number of hydrogen-bond donors (Lipinski definition) is 1. The summed E-state index contributed by atoms with van der Waals surface area (Å²) in [6.07, 6.45) is 4.22. The highest BCUT2D eigenvalue weighted by Crippen LogP contribution is 2.33. The lowest BCUT2D eigenvalue weighted by Gasteiger charge is -2.14. The summed E-state index contributed by atoms with van der Waals surface area (Å²) in [4.78, 5) is 4.77. The largest absolute Gasteiger partial charge is 0.493 e. The average molecular weight is 305 g/mol. The minimum Gasteiger partial charge on any atom is -0.493 e. The lowest BCUT2D eigenvalue weighted by atomic mass is 10.1. The lowest BCUT2D eigenvalue weighted by Crippen LogP contribution is -2.16. The molecule has 5 heteroatoms. The van der Waals surface area contributed by atoms with Gasteiger partial charge in [0.05, 0.1) is 31.3 Å². The first-order chi connectivity index (χ1) is 10.7. The number of rotatable bonds is 8. The molecule has 0 saturated carbocycles. The molecule has 0 saturated heterocycles. The van der Waals surface area contributed by atoms with Crippen LogP contribution in [0.15, 0.2) is 12.1 Å². The fraction of sp³-hybridized carbons (Fsp3) is 0.588. The number of hydrogen-bond acceptors (Lipinski definition) is 4. The third-order valence-electron chi connectivity index (χ3n) is 3.95. The Hall–Kier alpha value is -1.75. The van der Waals surface area contributed by atoms with Crippen LogP contribution in [0.1, 0.15) is 51.4 Å². The Labute approximate surface area is 132 Å². The number of imidazole rings is 1. The van der Waals surface area contributed by atoms with Gasteiger partial charge in [-0.1, -0.05) is 26.7 Å². The highest BCUT2D eigenvalue weighted by molar-refractivity contribution is 5.80. The topological polar surface area (TPSA) is 62.3 Å². The van der Waals surface area contributed by atoms with Gasteiger partial charge in [-0.15, -0.1) is 0 Å². The number of nitrogens with two attached hydrogens (primary N) is 1. The molecule has 1 atom stereocenters. The van der Waals surface area contributed by atoms with Gasteiger partial charge in [0, 0.05) is 18.7 Å². The van der Waals surface area contributed by atoms with E-state index in [0.29, 0.717) is 5.75 Å². The molecule has 0 radical (unpaired) electrons. The van der Waals surface area contributed by atoms with Crippen molar-refractivity contribution in [2.24, 2.45) is 5.73 Å². The van der Waals surface area contributed by atoms with Crippen molar-refractivity contribution in [3.63, 3.8) is 0 Å². The average Bonchev–Trinajstić information content (AvgIpc) is 2.89. The molecule has 0 spiro atoms. The number of aromatic nitrogens is 2. The van der Waals surface area contributed by atoms with Crippen LogP contribution < -0.4 is 15.2 Å². The second-order valence-electron chi connectivity index (χ2n) is 5.57. The molecule has 1 aromatic heterocycles. The maximum atomic E-state index is 6.34. The van der Waals surface area contributed by atoms with Gasteiger partial charge in [-0.2, -0.15) is 0 Å². The quantitative estimate of drug-likeness (QED) is 0.808. The van der Waals surface area contributed by atoms with Crippen LogP contribution >= 0.6 is 0 Å². The van der Waals surface area contributed by atoms with Gasteiger partial charge in [0.1, 0.15) is 5.82 Å². The van der Waals surface area contributed by atoms with Crippen molar-refractivity contribution in [1.82, 2.24) is 9.55 Å². The molecular formula is C17H27N3O2. The normalized spacial score (nSPS) is 12.6. The lowest BCUT2D eigenvalue weighted by molar-refractivity contribution is 0.355. The summed E-state index contributed by atoms with van der Waals surface area (Å²) in [5, 5.41) is 0. The van der Waals surface area contributed by atoms with E-state index in [1.54, 1.807) is 14.2 Å². The summed E-state index contributed by atoms with van der Waals surface area (Å²) in [6.45, 7) is 5.26. The first-order valence-corrected chi connectivity index (χ1v) is 8.03. The van der Waals surface area contributed by atoms with Crippen LogP contribution in [-0.4, -0.2) is 23.8 Å². The Balaban J connectivity index is 2.57. The van der Waals surface area contributed by atoms with Gasteiger partial charge in [0.15, 0.2) is 11.5 Å². The predicted octanol–water partition coefficient (Wildman–Crippen LogP) is 3.65. The van der Waals surface area contributed by atoms with E-state index in [0.717, 1.165) is 54.8 Å². The van der Waals surface area contributed by atoms with E-state index >= 15 is 0 Å². The van der Waals surface area contributed by atoms with Crippen LogP contribution in [0.3, 0.4) is 0 Å². The number of ether oxygens (including phenoxy) is 2. The van der Waals surface area contributed by atoms with Gasteiger partial charge in [-0.05, 0) is 12.8 Å². The molecule has 2 rings (SSSR count). The number of fused-ring (bicyclic) bond motifs is 1. The van der Waals surface area contributed by atoms with Crippen molar-refractivity contribution in [3.05, 3.63) is 18.0 Å². The molecule has 0 aliphatic carbocycles. The summed E-state index contributed by atoms with van der Waals surface area (Å²) in [5.41, 5.74) is 8.31. The van der Waals surface area contributed by atoms with Crippen LogP contribution in [0, 0.1) is 0 Å². The minimum atomic E-state index is -0.0359. The molecular weight excluding hydrogens is 278 g/mol. The van der Waals surface area contributed by atoms with E-state index in [9.17, 15) is 0 Å². The summed E-state index contributed by atoms with van der Waals surface area (Å²) in [6, 6.07) is 3.89. The Morgan fingerprint density at radius 1 is 1.14 bits per heavy atom. The molecule has 1 heterocycles. The number of aryl methyl sites for hydroxylation is 1. The van der Waals surface area contributed by atoms with E-state index in [4.69, 9.17) is 20.2 Å². The predicted molar refractivity (Wildman–Crippen MR) is 89.6 cm³/mol. The fourth-order valence-corrected chi connectivity index (χ4v) is 2.74. The number of methoxy groups -OCH3 is 2. The van der Waals surface area contributed by atoms with Crippen molar-refractivity contribution in [2.45, 2.75) is 52.1 Å². The second-order valence-corrected chi connectivity index (χ2v) is 5.57. The standard InChI is InChI=1S/C17H27N3O2/c1-5-7-9-20-14-11-16(22-4)15(21-3)10-13(14)19-17(20)12(18)8-6-2/h10-12H,5-9,18H2,1-4H3. The highest BCUT2D eigenvalue weighted by atomic mass is 16.5. The van der Waals surface area contributed by atoms with Crippen molar-refractivity contribution in [2.75, 3.05) is 14.2 Å². The zero-order valence-corrected chi connectivity index (χ0v) is 14.1. The maximum Gasteiger partial charge on any atom is 0.163 e. The molecule has 0 fully saturated rings. The summed E-state index contributed by atoms with van der Waals surface area (Å²) in [7, 11) is 3.29. The molecule has 1 unspecified atom stereocenters. The van der Waals surface area contributed by atoms with E-state index in [1.165, 1.54) is 0 Å². The summed E-state index contributed by atoms with van der Waals surface area (Å²) < 4.78 is 13.0. The third-order valence-corrected chi connectivity index (χ3v) is 3.95. The van der Waals surface area contributed by atoms with Crippen LogP contribution in [0.4, 0.5) is 0 Å². The van der Waals surface area contributed by atoms with Gasteiger partial charge in [0.25, 0.3) is 0 Å². The molecule has 122 valence electrons. The molecule has 22 heavy (non-hydrogen) atoms. The van der Waals surface area contributed by atoms with Crippen molar-refractivity contribution < 1.29 is 9.47 Å². The minimum absolute atomic E-state index is 0.0359. The summed E-state index contributed by atoms with van der Waals surface area (Å²) >= 11 is 0. The number of nitrogens with zero attached hydrogens (tertiary/aromatic N) is 2. The molecule has 0 aliphatic heterocycles. The SMILES string of the molecule is CCCCn1c(C(N)CCC)nc2cc(OC)c(OC)cc21. The number of benzene rings is 1. The van der Waals surface area contributed by atoms with Gasteiger partial charge < -0.3 is 19.8 Å². The van der Waals surface area contributed by atoms with E-state index in [-0.39, 0.29) is 6.04 Å². The van der Waals surface area contributed by atoms with Crippen LogP contribution in [0.5, 0.6) is 11.5 Å². The molecule has 2 N–H and O–H groups in total. The Kier molecular flexibility index (Phi) is 5.66. The molecule has 0 amide bonds. The zero-order valence-electron chi connectivity index (χ0n) is 14.1. The zero-order chi connectivity index (χ0) is 16.1. The molecule has 2 aromatic rings. The first kappa shape index (κ1) is 16.6. The van der Waals surface area contributed by atoms with Crippen molar-refractivity contribution >= 4 is 11.0 Å². The third kappa shape index (κ3) is 3.19. The Bertz CT molecular complexity index is 622. The van der Waals surface area contributed by atoms with Gasteiger partial charge >= 0.3 is 0 Å². The van der Waals surface area contributed by atoms with Crippen LogP contribution in [0.25, 0.3) is 11.0 Å². The monoisotopic (exact) mass is 305 g/mol. The van der Waals surface area contributed by atoms with Gasteiger partial charge in [-0.3, -0.25) is 0 Å². The maximum absolute atomic E-state index is 6.34.